The monoisotopic (exact) mass is 410 g/mol. The van der Waals surface area contributed by atoms with Crippen molar-refractivity contribution in [2.45, 2.75) is 110 Å². The molecule has 0 aromatic carbocycles. The quantitative estimate of drug-likeness (QED) is 0.166. The molecular weight excluding hydrogens is 368 g/mol. The van der Waals surface area contributed by atoms with Gasteiger partial charge in [0.25, 0.3) is 5.91 Å². The molecule has 6 nitrogen and oxygen atoms in total. The Labute approximate surface area is 177 Å². The van der Waals surface area contributed by atoms with Gasteiger partial charge in [-0.15, -0.1) is 0 Å². The number of nitrogens with two attached hydrogens (primary N) is 1. The minimum atomic E-state index is -0.957. The first kappa shape index (κ1) is 27.1. The molecule has 0 aliphatic carbocycles. The van der Waals surface area contributed by atoms with Crippen LogP contribution in [0.1, 0.15) is 110 Å². The second kappa shape index (κ2) is 20.9. The summed E-state index contributed by atoms with van der Waals surface area (Å²) in [6, 6.07) is -0.957. The topological polar surface area (TPSA) is 98.5 Å². The Morgan fingerprint density at radius 3 is 1.52 bits per heavy atom. The summed E-state index contributed by atoms with van der Waals surface area (Å²) in [5, 5.41) is 1.83. The summed E-state index contributed by atoms with van der Waals surface area (Å²) in [4.78, 5) is 32.9. The molecule has 0 radical (unpaired) electrons. The fourth-order valence-electron chi connectivity index (χ4n) is 3.18. The maximum atomic E-state index is 11.4. The summed E-state index contributed by atoms with van der Waals surface area (Å²) in [6.45, 7) is 2.61. The lowest BCUT2D eigenvalue weighted by Gasteiger charge is -2.04. The number of hydrogen-bond acceptors (Lipinski definition) is 4. The number of carbonyl (C=O) groups is 3. The Bertz CT molecular complexity index is 464. The molecule has 6 heteroatoms. The molecule has 0 saturated carbocycles. The third-order valence-electron chi connectivity index (χ3n) is 4.86. The Morgan fingerprint density at radius 1 is 0.690 bits per heavy atom. The van der Waals surface area contributed by atoms with Crippen LogP contribution in [-0.4, -0.2) is 24.5 Å². The molecule has 0 spiro atoms. The number of primary amides is 1. The van der Waals surface area contributed by atoms with Crippen molar-refractivity contribution >= 4 is 17.9 Å². The number of urea groups is 1. The van der Waals surface area contributed by atoms with Gasteiger partial charge in [-0.2, -0.15) is 0 Å². The van der Waals surface area contributed by atoms with Crippen LogP contribution >= 0.6 is 0 Å². The molecule has 29 heavy (non-hydrogen) atoms. The first-order valence-electron chi connectivity index (χ1n) is 11.5. The van der Waals surface area contributed by atoms with Crippen LogP contribution in [0.15, 0.2) is 12.2 Å². The van der Waals surface area contributed by atoms with Crippen molar-refractivity contribution in [1.29, 1.82) is 0 Å². The molecule has 3 amide bonds. The van der Waals surface area contributed by atoms with Crippen LogP contribution in [-0.2, 0) is 14.3 Å². The van der Waals surface area contributed by atoms with Gasteiger partial charge in [-0.25, -0.2) is 9.59 Å². The molecule has 0 unspecified atom stereocenters. The van der Waals surface area contributed by atoms with Crippen LogP contribution in [0.5, 0.6) is 0 Å². The predicted octanol–water partition coefficient (Wildman–Crippen LogP) is 5.54. The van der Waals surface area contributed by atoms with Gasteiger partial charge in [-0.05, 0) is 6.42 Å². The Hall–Kier alpha value is -1.85. The maximum absolute atomic E-state index is 11.4. The lowest BCUT2D eigenvalue weighted by molar-refractivity contribution is -0.138. The van der Waals surface area contributed by atoms with Gasteiger partial charge >= 0.3 is 12.0 Å². The van der Waals surface area contributed by atoms with Crippen LogP contribution < -0.4 is 11.1 Å². The molecule has 0 bridgehead atoms. The standard InChI is InChI=1S/C23H42N2O4/c1-2-3-4-5-6-7-8-9-10-11-12-13-14-15-16-17-20-29-22(27)19-18-21(26)25-23(24)28/h18-19H,2-17,20H2,1H3,(H3,24,25,26,28)/b19-18+. The van der Waals surface area contributed by atoms with Crippen LogP contribution in [0.2, 0.25) is 0 Å². The van der Waals surface area contributed by atoms with E-state index in [9.17, 15) is 14.4 Å². The van der Waals surface area contributed by atoms with Gasteiger partial charge in [0.1, 0.15) is 0 Å². The molecule has 0 heterocycles. The van der Waals surface area contributed by atoms with Crippen molar-refractivity contribution in [2.24, 2.45) is 5.73 Å². The van der Waals surface area contributed by atoms with Crippen LogP contribution in [0.4, 0.5) is 4.79 Å². The number of imide groups is 1. The van der Waals surface area contributed by atoms with Crippen molar-refractivity contribution in [3.8, 4) is 0 Å². The number of carbonyl (C=O) groups excluding carboxylic acids is 3. The zero-order chi connectivity index (χ0) is 21.6. The van der Waals surface area contributed by atoms with Gasteiger partial charge in [-0.1, -0.05) is 103 Å². The van der Waals surface area contributed by atoms with Gasteiger partial charge < -0.3 is 10.5 Å². The zero-order valence-corrected chi connectivity index (χ0v) is 18.4. The number of unbranched alkanes of at least 4 members (excludes halogenated alkanes) is 15. The fraction of sp³-hybridized carbons (Fsp3) is 0.783. The minimum absolute atomic E-state index is 0.346. The number of ether oxygens (including phenoxy) is 1. The normalized spacial score (nSPS) is 10.9. The van der Waals surface area contributed by atoms with Gasteiger partial charge in [0.15, 0.2) is 0 Å². The Kier molecular flexibility index (Phi) is 19.5. The average Bonchev–Trinajstić information content (AvgIpc) is 2.68. The van der Waals surface area contributed by atoms with E-state index in [0.717, 1.165) is 31.4 Å². The second-order valence-corrected chi connectivity index (χ2v) is 7.66. The number of hydrogen-bond donors (Lipinski definition) is 2. The molecule has 0 saturated heterocycles. The second-order valence-electron chi connectivity index (χ2n) is 7.66. The third kappa shape index (κ3) is 22.3. The number of nitrogens with one attached hydrogen (secondary N) is 1. The summed E-state index contributed by atoms with van der Waals surface area (Å²) < 4.78 is 4.99. The van der Waals surface area contributed by atoms with Crippen LogP contribution in [0.3, 0.4) is 0 Å². The summed E-state index contributed by atoms with van der Waals surface area (Å²) >= 11 is 0. The van der Waals surface area contributed by atoms with Crippen molar-refractivity contribution in [1.82, 2.24) is 5.32 Å². The minimum Gasteiger partial charge on any atom is -0.463 e. The average molecular weight is 411 g/mol. The predicted molar refractivity (Wildman–Crippen MR) is 117 cm³/mol. The first-order valence-corrected chi connectivity index (χ1v) is 11.5. The van der Waals surface area contributed by atoms with Crippen molar-refractivity contribution in [2.75, 3.05) is 6.61 Å². The molecule has 0 fully saturated rings. The molecule has 0 aromatic rings. The smallest absolute Gasteiger partial charge is 0.330 e. The van der Waals surface area contributed by atoms with E-state index < -0.39 is 17.9 Å². The van der Waals surface area contributed by atoms with Crippen LogP contribution in [0, 0.1) is 0 Å². The van der Waals surface area contributed by atoms with Gasteiger partial charge in [0.05, 0.1) is 6.61 Å². The highest BCUT2D eigenvalue weighted by atomic mass is 16.5. The molecule has 0 aromatic heterocycles. The molecule has 0 aliphatic rings. The molecule has 168 valence electrons. The summed E-state index contributed by atoms with van der Waals surface area (Å²) in [7, 11) is 0. The van der Waals surface area contributed by atoms with E-state index in [1.165, 1.54) is 83.5 Å². The molecule has 3 N–H and O–H groups in total. The Morgan fingerprint density at radius 2 is 1.10 bits per heavy atom. The van der Waals surface area contributed by atoms with Crippen molar-refractivity contribution in [3.63, 3.8) is 0 Å². The van der Waals surface area contributed by atoms with Crippen molar-refractivity contribution < 1.29 is 19.1 Å². The third-order valence-corrected chi connectivity index (χ3v) is 4.86. The van der Waals surface area contributed by atoms with Crippen LogP contribution in [0.25, 0.3) is 0 Å². The largest absolute Gasteiger partial charge is 0.463 e. The lowest BCUT2D eigenvalue weighted by Crippen LogP contribution is -2.33. The van der Waals surface area contributed by atoms with Gasteiger partial charge in [0.2, 0.25) is 0 Å². The SMILES string of the molecule is CCCCCCCCCCCCCCCCCCOC(=O)/C=C/C(=O)NC(N)=O. The van der Waals surface area contributed by atoms with Gasteiger partial charge in [0, 0.05) is 12.2 Å². The number of esters is 1. The molecule has 0 atom stereocenters. The first-order chi connectivity index (χ1) is 14.1. The van der Waals surface area contributed by atoms with E-state index in [4.69, 9.17) is 10.5 Å². The highest BCUT2D eigenvalue weighted by Gasteiger charge is 2.02. The zero-order valence-electron chi connectivity index (χ0n) is 18.4. The van der Waals surface area contributed by atoms with E-state index >= 15 is 0 Å². The van der Waals surface area contributed by atoms with Gasteiger partial charge in [-0.3, -0.25) is 10.1 Å². The van der Waals surface area contributed by atoms with E-state index in [-0.39, 0.29) is 0 Å². The number of amides is 3. The lowest BCUT2D eigenvalue weighted by atomic mass is 10.0. The van der Waals surface area contributed by atoms with E-state index in [1.807, 2.05) is 5.32 Å². The highest BCUT2D eigenvalue weighted by Crippen LogP contribution is 2.13. The molecule has 0 aliphatic heterocycles. The number of rotatable bonds is 19. The summed E-state index contributed by atoms with van der Waals surface area (Å²) in [5.74, 6) is -1.33. The van der Waals surface area contributed by atoms with Crippen molar-refractivity contribution in [3.05, 3.63) is 12.2 Å². The Balaban J connectivity index is 3.27. The molecule has 0 rings (SSSR count). The summed E-state index contributed by atoms with van der Waals surface area (Å²) in [5.41, 5.74) is 4.79. The van der Waals surface area contributed by atoms with E-state index in [0.29, 0.717) is 6.61 Å². The maximum Gasteiger partial charge on any atom is 0.330 e. The van der Waals surface area contributed by atoms with E-state index in [2.05, 4.69) is 6.92 Å². The van der Waals surface area contributed by atoms with E-state index in [1.54, 1.807) is 0 Å². The summed E-state index contributed by atoms with van der Waals surface area (Å²) in [6.07, 6.45) is 22.7. The highest BCUT2D eigenvalue weighted by molar-refractivity contribution is 6.02. The molecular formula is C23H42N2O4. The fourth-order valence-corrected chi connectivity index (χ4v) is 3.18.